The van der Waals surface area contributed by atoms with Crippen molar-refractivity contribution in [3.8, 4) is 0 Å². The van der Waals surface area contributed by atoms with Gasteiger partial charge in [-0.25, -0.2) is 0 Å². The summed E-state index contributed by atoms with van der Waals surface area (Å²) in [5, 5.41) is 1.67. The Balaban J connectivity index is 2.15. The molecule has 0 unspecified atom stereocenters. The third-order valence-electron chi connectivity index (χ3n) is 1.66. The van der Waals surface area contributed by atoms with Crippen LogP contribution in [0.15, 0.2) is 0 Å². The van der Waals surface area contributed by atoms with Crippen LogP contribution in [-0.2, 0) is 14.4 Å². The van der Waals surface area contributed by atoms with E-state index in [0.717, 1.165) is 6.42 Å². The minimum Gasteiger partial charge on any atom is -0.379 e. The molecule has 12 heavy (non-hydrogen) atoms. The normalized spacial score (nSPS) is 19.1. The van der Waals surface area contributed by atoms with Crippen molar-refractivity contribution in [2.75, 3.05) is 26.3 Å². The quantitative estimate of drug-likeness (QED) is 0.625. The van der Waals surface area contributed by atoms with Crippen molar-refractivity contribution in [3.63, 3.8) is 0 Å². The Kier molecular flexibility index (Phi) is 4.04. The number of hydroxylamine groups is 2. The van der Waals surface area contributed by atoms with Gasteiger partial charge in [-0.15, -0.1) is 5.06 Å². The molecule has 4 heteroatoms. The van der Waals surface area contributed by atoms with Gasteiger partial charge in [0.1, 0.15) is 0 Å². The van der Waals surface area contributed by atoms with E-state index in [1.165, 1.54) is 0 Å². The van der Waals surface area contributed by atoms with Gasteiger partial charge in [0.25, 0.3) is 0 Å². The minimum absolute atomic E-state index is 0.139. The van der Waals surface area contributed by atoms with Crippen LogP contribution in [0.5, 0.6) is 0 Å². The first-order valence-electron chi connectivity index (χ1n) is 4.36. The molecule has 1 rings (SSSR count). The molecule has 1 fully saturated rings. The maximum Gasteiger partial charge on any atom is 0.325 e. The third kappa shape index (κ3) is 3.19. The Morgan fingerprint density at radius 3 is 2.75 bits per heavy atom. The van der Waals surface area contributed by atoms with Crippen LogP contribution < -0.4 is 0 Å². The first-order valence-corrected chi connectivity index (χ1v) is 4.36. The summed E-state index contributed by atoms with van der Waals surface area (Å²) < 4.78 is 5.11. The lowest BCUT2D eigenvalue weighted by Crippen LogP contribution is -2.37. The molecule has 0 saturated carbocycles. The molecule has 0 bridgehead atoms. The minimum atomic E-state index is -0.139. The van der Waals surface area contributed by atoms with Crippen molar-refractivity contribution in [1.29, 1.82) is 0 Å². The highest BCUT2D eigenvalue weighted by Crippen LogP contribution is 2.00. The van der Waals surface area contributed by atoms with Gasteiger partial charge in [0.15, 0.2) is 0 Å². The molecular weight excluding hydrogens is 158 g/mol. The number of ether oxygens (including phenoxy) is 1. The fraction of sp³-hybridized carbons (Fsp3) is 0.875. The lowest BCUT2D eigenvalue weighted by atomic mass is 10.3. The molecular formula is C8H15NO3. The maximum absolute atomic E-state index is 11.0. The first kappa shape index (κ1) is 9.48. The largest absolute Gasteiger partial charge is 0.379 e. The van der Waals surface area contributed by atoms with Crippen molar-refractivity contribution in [2.24, 2.45) is 0 Å². The molecule has 1 aliphatic heterocycles. The van der Waals surface area contributed by atoms with E-state index in [0.29, 0.717) is 32.7 Å². The lowest BCUT2D eigenvalue weighted by Gasteiger charge is -2.24. The molecule has 0 aliphatic carbocycles. The monoisotopic (exact) mass is 173 g/mol. The summed E-state index contributed by atoms with van der Waals surface area (Å²) >= 11 is 0. The summed E-state index contributed by atoms with van der Waals surface area (Å²) in [7, 11) is 0. The van der Waals surface area contributed by atoms with E-state index in [4.69, 9.17) is 9.57 Å². The van der Waals surface area contributed by atoms with Crippen LogP contribution in [0.2, 0.25) is 0 Å². The molecule has 0 atom stereocenters. The molecule has 1 saturated heterocycles. The molecule has 0 aromatic heterocycles. The van der Waals surface area contributed by atoms with Gasteiger partial charge in [0.2, 0.25) is 0 Å². The second kappa shape index (κ2) is 5.11. The summed E-state index contributed by atoms with van der Waals surface area (Å²) in [6.07, 6.45) is 1.33. The molecule has 0 radical (unpaired) electrons. The Morgan fingerprint density at radius 2 is 2.17 bits per heavy atom. The van der Waals surface area contributed by atoms with Gasteiger partial charge in [0.05, 0.1) is 26.3 Å². The zero-order chi connectivity index (χ0) is 8.81. The second-order valence-electron chi connectivity index (χ2n) is 2.75. The van der Waals surface area contributed by atoms with Crippen LogP contribution in [0.1, 0.15) is 19.8 Å². The number of carbonyl (C=O) groups is 1. The van der Waals surface area contributed by atoms with Gasteiger partial charge in [-0.3, -0.25) is 4.79 Å². The fourth-order valence-electron chi connectivity index (χ4n) is 1.03. The van der Waals surface area contributed by atoms with Gasteiger partial charge >= 0.3 is 5.97 Å². The van der Waals surface area contributed by atoms with Crippen LogP contribution in [0.3, 0.4) is 0 Å². The van der Waals surface area contributed by atoms with Crippen molar-refractivity contribution in [1.82, 2.24) is 5.06 Å². The summed E-state index contributed by atoms with van der Waals surface area (Å²) in [6, 6.07) is 0. The van der Waals surface area contributed by atoms with E-state index < -0.39 is 0 Å². The standard InChI is InChI=1S/C8H15NO3/c1-2-3-8(10)12-9-4-6-11-7-5-9/h2-7H2,1H3. The number of hydrogen-bond acceptors (Lipinski definition) is 4. The number of hydrogen-bond donors (Lipinski definition) is 0. The van der Waals surface area contributed by atoms with E-state index in [-0.39, 0.29) is 5.97 Å². The summed E-state index contributed by atoms with van der Waals surface area (Å²) in [5.41, 5.74) is 0. The SMILES string of the molecule is CCCC(=O)ON1CCOCC1. The first-order chi connectivity index (χ1) is 5.83. The van der Waals surface area contributed by atoms with Crippen molar-refractivity contribution in [3.05, 3.63) is 0 Å². The van der Waals surface area contributed by atoms with Gasteiger partial charge < -0.3 is 9.57 Å². The third-order valence-corrected chi connectivity index (χ3v) is 1.66. The van der Waals surface area contributed by atoms with E-state index in [2.05, 4.69) is 0 Å². The van der Waals surface area contributed by atoms with Gasteiger partial charge in [-0.05, 0) is 6.42 Å². The number of rotatable bonds is 3. The molecule has 4 nitrogen and oxygen atoms in total. The summed E-state index contributed by atoms with van der Waals surface area (Å²) in [6.45, 7) is 4.64. The highest BCUT2D eigenvalue weighted by Gasteiger charge is 2.14. The van der Waals surface area contributed by atoms with Crippen LogP contribution in [0.25, 0.3) is 0 Å². The molecule has 1 heterocycles. The molecule has 0 aromatic carbocycles. The van der Waals surface area contributed by atoms with Crippen LogP contribution in [0, 0.1) is 0 Å². The molecule has 0 amide bonds. The molecule has 1 aliphatic rings. The predicted octanol–water partition coefficient (Wildman–Crippen LogP) is 0.577. The van der Waals surface area contributed by atoms with Gasteiger partial charge in [0, 0.05) is 6.42 Å². The summed E-state index contributed by atoms with van der Waals surface area (Å²) in [4.78, 5) is 16.1. The molecule has 0 N–H and O–H groups in total. The fourth-order valence-corrected chi connectivity index (χ4v) is 1.03. The van der Waals surface area contributed by atoms with Crippen LogP contribution in [-0.4, -0.2) is 37.3 Å². The van der Waals surface area contributed by atoms with E-state index in [9.17, 15) is 4.79 Å². The average Bonchev–Trinajstić information content (AvgIpc) is 2.06. The highest BCUT2D eigenvalue weighted by atomic mass is 16.7. The Morgan fingerprint density at radius 1 is 1.50 bits per heavy atom. The predicted molar refractivity (Wildman–Crippen MR) is 43.4 cm³/mol. The Bertz CT molecular complexity index is 143. The Labute approximate surface area is 72.4 Å². The zero-order valence-corrected chi connectivity index (χ0v) is 7.41. The number of nitrogens with zero attached hydrogens (tertiary/aromatic N) is 1. The average molecular weight is 173 g/mol. The number of morpholine rings is 1. The van der Waals surface area contributed by atoms with Crippen molar-refractivity contribution < 1.29 is 14.4 Å². The maximum atomic E-state index is 11.0. The smallest absolute Gasteiger partial charge is 0.325 e. The molecule has 0 aromatic rings. The molecule has 0 spiro atoms. The topological polar surface area (TPSA) is 38.8 Å². The van der Waals surface area contributed by atoms with Crippen molar-refractivity contribution in [2.45, 2.75) is 19.8 Å². The van der Waals surface area contributed by atoms with Crippen molar-refractivity contribution >= 4 is 5.97 Å². The highest BCUT2D eigenvalue weighted by molar-refractivity contribution is 5.68. The Hall–Kier alpha value is -0.610. The van der Waals surface area contributed by atoms with Crippen LogP contribution >= 0.6 is 0 Å². The van der Waals surface area contributed by atoms with Gasteiger partial charge in [-0.2, -0.15) is 0 Å². The van der Waals surface area contributed by atoms with Gasteiger partial charge in [-0.1, -0.05) is 6.92 Å². The zero-order valence-electron chi connectivity index (χ0n) is 7.41. The van der Waals surface area contributed by atoms with E-state index in [1.807, 2.05) is 6.92 Å². The number of carbonyl (C=O) groups excluding carboxylic acids is 1. The molecule has 70 valence electrons. The van der Waals surface area contributed by atoms with Crippen LogP contribution in [0.4, 0.5) is 0 Å². The second-order valence-corrected chi connectivity index (χ2v) is 2.75. The van der Waals surface area contributed by atoms with E-state index >= 15 is 0 Å². The lowest BCUT2D eigenvalue weighted by molar-refractivity contribution is -0.205. The van der Waals surface area contributed by atoms with E-state index in [1.54, 1.807) is 5.06 Å². The summed E-state index contributed by atoms with van der Waals surface area (Å²) in [5.74, 6) is -0.139.